The minimum absolute atomic E-state index is 0.0189. The first-order chi connectivity index (χ1) is 11.5. The van der Waals surface area contributed by atoms with E-state index in [4.69, 9.17) is 0 Å². The molecule has 0 spiro atoms. The van der Waals surface area contributed by atoms with Crippen LogP contribution in [0.5, 0.6) is 0 Å². The van der Waals surface area contributed by atoms with Crippen LogP contribution in [-0.4, -0.2) is 33.8 Å². The number of carbonyl (C=O) groups excluding carboxylic acids is 1. The zero-order chi connectivity index (χ0) is 17.1. The lowest BCUT2D eigenvalue weighted by Gasteiger charge is -2.27. The molecule has 0 aliphatic carbocycles. The highest BCUT2D eigenvalue weighted by atomic mass is 16.2. The number of nitrogens with one attached hydrogen (secondary N) is 1. The van der Waals surface area contributed by atoms with Gasteiger partial charge in [0.05, 0.1) is 6.20 Å². The fourth-order valence-electron chi connectivity index (χ4n) is 3.13. The van der Waals surface area contributed by atoms with E-state index in [2.05, 4.69) is 48.5 Å². The highest BCUT2D eigenvalue weighted by Gasteiger charge is 2.18. The van der Waals surface area contributed by atoms with Crippen molar-refractivity contribution in [1.82, 2.24) is 20.0 Å². The first kappa shape index (κ1) is 16.3. The van der Waals surface area contributed by atoms with Crippen molar-refractivity contribution in [2.24, 2.45) is 7.05 Å². The third kappa shape index (κ3) is 3.85. The lowest BCUT2D eigenvalue weighted by Crippen LogP contribution is -2.41. The molecule has 2 aromatic rings. The smallest absolute Gasteiger partial charge is 0.317 e. The summed E-state index contributed by atoms with van der Waals surface area (Å²) in [5.41, 5.74) is 6.18. The summed E-state index contributed by atoms with van der Waals surface area (Å²) < 4.78 is 1.74. The number of aromatic nitrogens is 2. The van der Waals surface area contributed by atoms with Gasteiger partial charge in [-0.15, -0.1) is 0 Å². The van der Waals surface area contributed by atoms with Crippen LogP contribution in [-0.2, 0) is 13.6 Å². The zero-order valence-corrected chi connectivity index (χ0v) is 14.5. The fraction of sp³-hybridized carbons (Fsp3) is 0.368. The van der Waals surface area contributed by atoms with Crippen molar-refractivity contribution in [1.29, 1.82) is 0 Å². The van der Waals surface area contributed by atoms with Crippen LogP contribution in [0.25, 0.3) is 5.57 Å². The number of aryl methyl sites for hydroxylation is 3. The molecule has 1 N–H and O–H groups in total. The number of hydrogen-bond donors (Lipinski definition) is 1. The third-order valence-corrected chi connectivity index (χ3v) is 4.29. The summed E-state index contributed by atoms with van der Waals surface area (Å²) in [5.74, 6) is 0. The molecule has 0 radical (unpaired) electrons. The number of carbonyl (C=O) groups is 1. The molecule has 24 heavy (non-hydrogen) atoms. The normalized spacial score (nSPS) is 14.5. The Kier molecular flexibility index (Phi) is 4.69. The molecule has 0 fully saturated rings. The summed E-state index contributed by atoms with van der Waals surface area (Å²) in [4.78, 5) is 14.1. The molecule has 2 amide bonds. The molecule has 1 aromatic heterocycles. The van der Waals surface area contributed by atoms with Crippen LogP contribution >= 0.6 is 0 Å². The van der Waals surface area contributed by atoms with Crippen molar-refractivity contribution in [3.8, 4) is 0 Å². The van der Waals surface area contributed by atoms with Crippen LogP contribution < -0.4 is 5.32 Å². The highest BCUT2D eigenvalue weighted by molar-refractivity contribution is 5.76. The summed E-state index contributed by atoms with van der Waals surface area (Å²) in [6.45, 7) is 6.16. The number of nitrogens with zero attached hydrogens (tertiary/aromatic N) is 3. The Morgan fingerprint density at radius 1 is 1.25 bits per heavy atom. The van der Waals surface area contributed by atoms with Crippen LogP contribution in [0, 0.1) is 13.8 Å². The van der Waals surface area contributed by atoms with Crippen LogP contribution in [0.2, 0.25) is 0 Å². The summed E-state index contributed by atoms with van der Waals surface area (Å²) in [7, 11) is 1.87. The van der Waals surface area contributed by atoms with Gasteiger partial charge in [0.25, 0.3) is 0 Å². The standard InChI is InChI=1S/C19H24N4O/c1-14-8-15(2)10-18(9-14)17-4-6-23(7-5-17)19(24)20-11-16-12-21-22(3)13-16/h4,8-10,12-13H,5-7,11H2,1-3H3,(H,20,24). The number of hydrogen-bond acceptors (Lipinski definition) is 2. The van der Waals surface area contributed by atoms with Gasteiger partial charge in [0.1, 0.15) is 0 Å². The van der Waals surface area contributed by atoms with Crippen molar-refractivity contribution in [2.75, 3.05) is 13.1 Å². The molecular weight excluding hydrogens is 300 g/mol. The lowest BCUT2D eigenvalue weighted by molar-refractivity contribution is 0.202. The van der Waals surface area contributed by atoms with E-state index in [1.54, 1.807) is 10.9 Å². The molecule has 3 rings (SSSR count). The molecule has 1 aromatic carbocycles. The summed E-state index contributed by atoms with van der Waals surface area (Å²) in [6.07, 6.45) is 6.74. The molecule has 0 unspecified atom stereocenters. The average molecular weight is 324 g/mol. The van der Waals surface area contributed by atoms with Crippen molar-refractivity contribution in [2.45, 2.75) is 26.8 Å². The highest BCUT2D eigenvalue weighted by Crippen LogP contribution is 2.24. The van der Waals surface area contributed by atoms with E-state index < -0.39 is 0 Å². The zero-order valence-electron chi connectivity index (χ0n) is 14.5. The molecule has 0 atom stereocenters. The molecular formula is C19H24N4O. The third-order valence-electron chi connectivity index (χ3n) is 4.29. The van der Waals surface area contributed by atoms with Gasteiger partial charge < -0.3 is 10.2 Å². The van der Waals surface area contributed by atoms with E-state index >= 15 is 0 Å². The number of urea groups is 1. The van der Waals surface area contributed by atoms with Crippen molar-refractivity contribution in [3.63, 3.8) is 0 Å². The minimum Gasteiger partial charge on any atom is -0.334 e. The average Bonchev–Trinajstić information content (AvgIpc) is 2.97. The Morgan fingerprint density at radius 2 is 2.00 bits per heavy atom. The maximum atomic E-state index is 12.3. The molecule has 0 saturated heterocycles. The second kappa shape index (κ2) is 6.91. The van der Waals surface area contributed by atoms with Crippen molar-refractivity contribution < 1.29 is 4.79 Å². The van der Waals surface area contributed by atoms with Gasteiger partial charge >= 0.3 is 6.03 Å². The Balaban J connectivity index is 1.58. The summed E-state index contributed by atoms with van der Waals surface area (Å²) in [5, 5.41) is 7.07. The van der Waals surface area contributed by atoms with E-state index in [-0.39, 0.29) is 6.03 Å². The predicted octanol–water partition coefficient (Wildman–Crippen LogP) is 3.04. The SMILES string of the molecule is Cc1cc(C)cc(C2=CCN(C(=O)NCc3cnn(C)c3)CC2)c1. The molecule has 5 nitrogen and oxygen atoms in total. The largest absolute Gasteiger partial charge is 0.334 e. The molecule has 0 saturated carbocycles. The van der Waals surface area contributed by atoms with Gasteiger partial charge in [-0.2, -0.15) is 5.10 Å². The number of rotatable bonds is 3. The number of amides is 2. The van der Waals surface area contributed by atoms with E-state index in [0.29, 0.717) is 13.1 Å². The first-order valence-electron chi connectivity index (χ1n) is 8.29. The maximum absolute atomic E-state index is 12.3. The van der Waals surface area contributed by atoms with Crippen molar-refractivity contribution in [3.05, 3.63) is 58.9 Å². The summed E-state index contributed by atoms with van der Waals surface area (Å²) in [6, 6.07) is 6.61. The lowest BCUT2D eigenvalue weighted by atomic mass is 9.96. The maximum Gasteiger partial charge on any atom is 0.317 e. The van der Waals surface area contributed by atoms with Gasteiger partial charge in [0.15, 0.2) is 0 Å². The second-order valence-corrected chi connectivity index (χ2v) is 6.48. The topological polar surface area (TPSA) is 50.2 Å². The minimum atomic E-state index is -0.0189. The number of benzene rings is 1. The van der Waals surface area contributed by atoms with Gasteiger partial charge in [0, 0.05) is 38.4 Å². The Hall–Kier alpha value is -2.56. The van der Waals surface area contributed by atoms with E-state index in [1.807, 2.05) is 18.1 Å². The van der Waals surface area contributed by atoms with Gasteiger partial charge in [0.2, 0.25) is 0 Å². The Bertz CT molecular complexity index is 755. The van der Waals surface area contributed by atoms with Gasteiger partial charge in [-0.05, 0) is 31.4 Å². The summed E-state index contributed by atoms with van der Waals surface area (Å²) >= 11 is 0. The van der Waals surface area contributed by atoms with E-state index in [0.717, 1.165) is 18.5 Å². The monoisotopic (exact) mass is 324 g/mol. The first-order valence-corrected chi connectivity index (χ1v) is 8.29. The van der Waals surface area contributed by atoms with Gasteiger partial charge in [-0.25, -0.2) is 4.79 Å². The van der Waals surface area contributed by atoms with Crippen molar-refractivity contribution >= 4 is 11.6 Å². The molecule has 0 bridgehead atoms. The van der Waals surface area contributed by atoms with Crippen LogP contribution in [0.1, 0.15) is 28.7 Å². The molecule has 126 valence electrons. The van der Waals surface area contributed by atoms with E-state index in [1.165, 1.54) is 22.3 Å². The fourth-order valence-corrected chi connectivity index (χ4v) is 3.13. The Labute approximate surface area is 143 Å². The van der Waals surface area contributed by atoms with Crippen LogP contribution in [0.15, 0.2) is 36.7 Å². The molecule has 1 aliphatic rings. The molecule has 1 aliphatic heterocycles. The second-order valence-electron chi connectivity index (χ2n) is 6.48. The van der Waals surface area contributed by atoms with Gasteiger partial charge in [-0.3, -0.25) is 4.68 Å². The predicted molar refractivity (Wildman–Crippen MR) is 95.5 cm³/mol. The van der Waals surface area contributed by atoms with Gasteiger partial charge in [-0.1, -0.05) is 35.4 Å². The van der Waals surface area contributed by atoms with E-state index in [9.17, 15) is 4.79 Å². The quantitative estimate of drug-likeness (QED) is 0.943. The molecule has 2 heterocycles. The Morgan fingerprint density at radius 3 is 2.58 bits per heavy atom. The van der Waals surface area contributed by atoms with Crippen LogP contribution in [0.4, 0.5) is 4.79 Å². The van der Waals surface area contributed by atoms with Crippen LogP contribution in [0.3, 0.4) is 0 Å². The molecule has 5 heteroatoms.